The minimum atomic E-state index is -1.48. The second-order valence-corrected chi connectivity index (χ2v) is 2.05. The number of carboxylic acids is 1. The van der Waals surface area contributed by atoms with E-state index in [1.54, 1.807) is 0 Å². The molecule has 0 spiro atoms. The molecule has 1 amide bonds. The van der Waals surface area contributed by atoms with E-state index in [0.717, 1.165) is 0 Å². The number of rotatable bonds is 2. The van der Waals surface area contributed by atoms with Gasteiger partial charge in [0, 0.05) is 0 Å². The Kier molecular flexibility index (Phi) is 3.18. The number of nitrogens with two attached hydrogens (primary N) is 1. The average molecular weight is 184 g/mol. The van der Waals surface area contributed by atoms with Crippen LogP contribution in [0.15, 0.2) is 10.1 Å². The summed E-state index contributed by atoms with van der Waals surface area (Å²) < 4.78 is 0. The Bertz CT molecular complexity index is 189. The molecule has 0 aliphatic rings. The first-order valence-corrected chi connectivity index (χ1v) is 2.80. The molecule has 0 aromatic rings. The van der Waals surface area contributed by atoms with Crippen molar-refractivity contribution in [1.82, 2.24) is 0 Å². The molecule has 6 heteroatoms. The lowest BCUT2D eigenvalue weighted by molar-refractivity contribution is -0.132. The summed E-state index contributed by atoms with van der Waals surface area (Å²) in [4.78, 5) is 20.1. The Labute approximate surface area is 66.2 Å². The van der Waals surface area contributed by atoms with Gasteiger partial charge in [0.05, 0.1) is 0 Å². The molecule has 0 atom stereocenters. The molecule has 0 bridgehead atoms. The third kappa shape index (κ3) is 2.24. The largest absolute Gasteiger partial charge is 0.477 e. The normalized spacial score (nSPS) is 12.2. The van der Waals surface area contributed by atoms with E-state index in [1.165, 1.54) is 0 Å². The lowest BCUT2D eigenvalue weighted by Gasteiger charge is -1.91. The number of carbonyl (C=O) groups excluding carboxylic acids is 1. The highest BCUT2D eigenvalue weighted by molar-refractivity contribution is 6.53. The number of carboxylic acid groups (broad SMARTS) is 1. The summed E-state index contributed by atoms with van der Waals surface area (Å²) in [7, 11) is 0. The Balaban J connectivity index is 4.67. The molecule has 3 N–H and O–H groups in total. The average Bonchev–Trinajstić information content (AvgIpc) is 1.84. The first kappa shape index (κ1) is 9.26. The van der Waals surface area contributed by atoms with Gasteiger partial charge in [-0.2, -0.15) is 0 Å². The molecule has 0 saturated heterocycles. The van der Waals surface area contributed by atoms with E-state index in [1.807, 2.05) is 0 Å². The Morgan fingerprint density at radius 3 is 1.70 bits per heavy atom. The zero-order valence-electron chi connectivity index (χ0n) is 4.60. The first-order chi connectivity index (χ1) is 4.46. The van der Waals surface area contributed by atoms with Crippen LogP contribution >= 0.6 is 23.2 Å². The van der Waals surface area contributed by atoms with E-state index >= 15 is 0 Å². The van der Waals surface area contributed by atoms with E-state index < -0.39 is 21.9 Å². The van der Waals surface area contributed by atoms with Gasteiger partial charge >= 0.3 is 5.97 Å². The predicted octanol–water partition coefficient (Wildman–Crippen LogP) is 0.246. The lowest BCUT2D eigenvalue weighted by Crippen LogP contribution is -2.13. The van der Waals surface area contributed by atoms with E-state index in [4.69, 9.17) is 28.3 Å². The van der Waals surface area contributed by atoms with Crippen LogP contribution < -0.4 is 5.73 Å². The molecule has 0 aromatic carbocycles. The van der Waals surface area contributed by atoms with Gasteiger partial charge in [0.25, 0.3) is 5.91 Å². The van der Waals surface area contributed by atoms with Crippen LogP contribution in [0.2, 0.25) is 0 Å². The van der Waals surface area contributed by atoms with Crippen LogP contribution in [0.3, 0.4) is 0 Å². The van der Waals surface area contributed by atoms with Gasteiger partial charge in [-0.3, -0.25) is 4.79 Å². The second kappa shape index (κ2) is 3.43. The van der Waals surface area contributed by atoms with Gasteiger partial charge in [-0.05, 0) is 0 Å². The monoisotopic (exact) mass is 183 g/mol. The highest BCUT2D eigenvalue weighted by Crippen LogP contribution is 2.12. The van der Waals surface area contributed by atoms with Crippen molar-refractivity contribution in [2.45, 2.75) is 0 Å². The van der Waals surface area contributed by atoms with Gasteiger partial charge in [-0.15, -0.1) is 0 Å². The third-order valence-corrected chi connectivity index (χ3v) is 1.42. The maximum Gasteiger partial charge on any atom is 0.349 e. The van der Waals surface area contributed by atoms with Gasteiger partial charge in [0.1, 0.15) is 10.1 Å². The van der Waals surface area contributed by atoms with Gasteiger partial charge in [0.15, 0.2) is 0 Å². The van der Waals surface area contributed by atoms with Crippen LogP contribution in [-0.4, -0.2) is 17.0 Å². The van der Waals surface area contributed by atoms with E-state index in [-0.39, 0.29) is 0 Å². The van der Waals surface area contributed by atoms with Crippen molar-refractivity contribution < 1.29 is 14.7 Å². The Morgan fingerprint density at radius 2 is 1.60 bits per heavy atom. The van der Waals surface area contributed by atoms with E-state index in [9.17, 15) is 9.59 Å². The smallest absolute Gasteiger partial charge is 0.349 e. The fourth-order valence-corrected chi connectivity index (χ4v) is 0.376. The Morgan fingerprint density at radius 1 is 1.20 bits per heavy atom. The Hall–Kier alpha value is -0.740. The maximum atomic E-state index is 10.1. The summed E-state index contributed by atoms with van der Waals surface area (Å²) in [5, 5.41) is 6.68. The molecule has 0 unspecified atom stereocenters. The standard InChI is InChI=1S/C4H3Cl2NO3/c5-1(3(7)8)2(6)4(9)10/h(H2,7,8)(H,9,10)/b2-1+. The third-order valence-electron chi connectivity index (χ3n) is 0.597. The molecule has 0 radical (unpaired) electrons. The molecule has 0 fully saturated rings. The lowest BCUT2D eigenvalue weighted by atomic mass is 10.5. The summed E-state index contributed by atoms with van der Waals surface area (Å²) >= 11 is 10.1. The fourth-order valence-electron chi connectivity index (χ4n) is 0.202. The first-order valence-electron chi connectivity index (χ1n) is 2.05. The number of hydrogen-bond donors (Lipinski definition) is 2. The van der Waals surface area contributed by atoms with Crippen molar-refractivity contribution in [2.75, 3.05) is 0 Å². The van der Waals surface area contributed by atoms with E-state index in [2.05, 4.69) is 5.73 Å². The van der Waals surface area contributed by atoms with Crippen molar-refractivity contribution in [1.29, 1.82) is 0 Å². The molecule has 4 nitrogen and oxygen atoms in total. The predicted molar refractivity (Wildman–Crippen MR) is 35.6 cm³/mol. The molecule has 10 heavy (non-hydrogen) atoms. The van der Waals surface area contributed by atoms with Crippen LogP contribution in [0.1, 0.15) is 0 Å². The summed E-state index contributed by atoms with van der Waals surface area (Å²) in [5.41, 5.74) is 4.60. The fraction of sp³-hybridized carbons (Fsp3) is 0. The topological polar surface area (TPSA) is 80.4 Å². The van der Waals surface area contributed by atoms with E-state index in [0.29, 0.717) is 0 Å². The molecule has 0 heterocycles. The van der Waals surface area contributed by atoms with Gasteiger partial charge in [-0.1, -0.05) is 23.2 Å². The minimum absolute atomic E-state index is 0.672. The number of hydrogen-bond acceptors (Lipinski definition) is 2. The SMILES string of the molecule is NC(=O)/C(Cl)=C(\Cl)C(=O)O. The molecule has 56 valence electrons. The molecule has 0 aliphatic heterocycles. The number of primary amides is 1. The number of carbonyl (C=O) groups is 2. The molecule has 0 aliphatic carbocycles. The molecule has 0 aromatic heterocycles. The van der Waals surface area contributed by atoms with Crippen LogP contribution in [0.25, 0.3) is 0 Å². The van der Waals surface area contributed by atoms with Gasteiger partial charge in [0.2, 0.25) is 0 Å². The maximum absolute atomic E-state index is 10.1. The van der Waals surface area contributed by atoms with Crippen molar-refractivity contribution in [2.24, 2.45) is 5.73 Å². The summed E-state index contributed by atoms with van der Waals surface area (Å²) in [6, 6.07) is 0. The summed E-state index contributed by atoms with van der Waals surface area (Å²) in [6.45, 7) is 0. The molecular weight excluding hydrogens is 181 g/mol. The van der Waals surface area contributed by atoms with Crippen molar-refractivity contribution in [3.8, 4) is 0 Å². The molecule has 0 rings (SSSR count). The zero-order valence-corrected chi connectivity index (χ0v) is 6.11. The van der Waals surface area contributed by atoms with Gasteiger partial charge in [-0.25, -0.2) is 4.79 Å². The van der Waals surface area contributed by atoms with Crippen LogP contribution in [0.5, 0.6) is 0 Å². The quantitative estimate of drug-likeness (QED) is 0.603. The molecular formula is C4H3Cl2NO3. The summed E-state index contributed by atoms with van der Waals surface area (Å²) in [6.07, 6.45) is 0. The van der Waals surface area contributed by atoms with Crippen LogP contribution in [0, 0.1) is 0 Å². The number of halogens is 2. The second-order valence-electron chi connectivity index (χ2n) is 1.30. The highest BCUT2D eigenvalue weighted by Gasteiger charge is 2.13. The van der Waals surface area contributed by atoms with Crippen molar-refractivity contribution in [3.05, 3.63) is 10.1 Å². The zero-order chi connectivity index (χ0) is 8.31. The minimum Gasteiger partial charge on any atom is -0.477 e. The number of amides is 1. The highest BCUT2D eigenvalue weighted by atomic mass is 35.5. The summed E-state index contributed by atoms with van der Waals surface area (Å²) in [5.74, 6) is -2.54. The molecule has 0 saturated carbocycles. The van der Waals surface area contributed by atoms with Crippen LogP contribution in [-0.2, 0) is 9.59 Å². The van der Waals surface area contributed by atoms with Crippen molar-refractivity contribution >= 4 is 35.1 Å². The number of aliphatic carboxylic acids is 1. The van der Waals surface area contributed by atoms with Crippen LogP contribution in [0.4, 0.5) is 0 Å². The van der Waals surface area contributed by atoms with Gasteiger partial charge < -0.3 is 10.8 Å². The van der Waals surface area contributed by atoms with Crippen molar-refractivity contribution in [3.63, 3.8) is 0 Å².